The minimum absolute atomic E-state index is 0.169. The number of benzene rings is 2. The third-order valence-electron chi connectivity index (χ3n) is 13.7. The first-order valence-corrected chi connectivity index (χ1v) is 26.8. The van der Waals surface area contributed by atoms with Crippen molar-refractivity contribution in [3.63, 3.8) is 0 Å². The molecule has 4 rings (SSSR count). The zero-order chi connectivity index (χ0) is 48.9. The first-order valence-electron chi connectivity index (χ1n) is 26.8. The van der Waals surface area contributed by atoms with Gasteiger partial charge in [-0.25, -0.2) is 10.0 Å². The molecule has 2 aromatic carbocycles. The average Bonchev–Trinajstić information content (AvgIpc) is 3.88. The number of hydrogen-bond donors (Lipinski definition) is 0. The summed E-state index contributed by atoms with van der Waals surface area (Å²) in [6.45, 7) is 9.44. The predicted molar refractivity (Wildman–Crippen MR) is 267 cm³/mol. The van der Waals surface area contributed by atoms with E-state index in [1.165, 1.54) is 0 Å². The van der Waals surface area contributed by atoms with Crippen LogP contribution in [-0.2, 0) is 38.1 Å². The molecule has 0 amide bonds. The van der Waals surface area contributed by atoms with Gasteiger partial charge in [0.2, 0.25) is 0 Å². The number of esters is 4. The van der Waals surface area contributed by atoms with Crippen LogP contribution in [0.15, 0.2) is 48.5 Å². The Morgan fingerprint density at radius 3 is 0.882 bits per heavy atom. The van der Waals surface area contributed by atoms with Gasteiger partial charge in [-0.05, 0) is 61.1 Å². The number of methoxy groups -OCH3 is 2. The second kappa shape index (κ2) is 32.6. The molecule has 2 heterocycles. The van der Waals surface area contributed by atoms with Crippen LogP contribution in [0, 0.1) is 11.8 Å². The molecule has 0 N–H and O–H groups in total. The maximum Gasteiger partial charge on any atom is 0.325 e. The summed E-state index contributed by atoms with van der Waals surface area (Å²) in [7, 11) is 3.17. The van der Waals surface area contributed by atoms with Gasteiger partial charge >= 0.3 is 23.9 Å². The van der Waals surface area contributed by atoms with Crippen LogP contribution >= 0.6 is 0 Å². The number of unbranched alkanes of at least 4 members (excludes halogenated alkanes) is 20. The highest BCUT2D eigenvalue weighted by molar-refractivity contribution is 5.90. The summed E-state index contributed by atoms with van der Waals surface area (Å²) < 4.78 is 35.8. The zero-order valence-electron chi connectivity index (χ0n) is 42.9. The minimum atomic E-state index is -1.27. The molecule has 2 fully saturated rings. The summed E-state index contributed by atoms with van der Waals surface area (Å²) >= 11 is 0. The maximum absolute atomic E-state index is 15.1. The lowest BCUT2D eigenvalue weighted by Gasteiger charge is -2.32. The van der Waals surface area contributed by atoms with Crippen LogP contribution in [0.1, 0.15) is 205 Å². The molecular weight excluding hydrogens is 861 g/mol. The van der Waals surface area contributed by atoms with Crippen molar-refractivity contribution in [3.05, 3.63) is 59.7 Å². The minimum Gasteiger partial charge on any atom is -0.497 e. The van der Waals surface area contributed by atoms with Gasteiger partial charge in [0.1, 0.15) is 35.4 Å². The van der Waals surface area contributed by atoms with Gasteiger partial charge in [0.05, 0.1) is 52.7 Å². The van der Waals surface area contributed by atoms with E-state index in [1.54, 1.807) is 48.5 Å². The number of rotatable bonds is 36. The maximum atomic E-state index is 15.1. The van der Waals surface area contributed by atoms with Gasteiger partial charge in [0, 0.05) is 0 Å². The Labute approximate surface area is 409 Å². The number of nitrogens with zero attached hydrogens (tertiary/aromatic N) is 2. The van der Waals surface area contributed by atoms with Gasteiger partial charge in [-0.15, -0.1) is 0 Å². The lowest BCUT2D eigenvalue weighted by molar-refractivity contribution is -0.163. The highest BCUT2D eigenvalue weighted by Gasteiger charge is 2.69. The third kappa shape index (κ3) is 17.1. The van der Waals surface area contributed by atoms with Crippen LogP contribution in [0.4, 0.5) is 0 Å². The molecule has 2 aliphatic rings. The van der Waals surface area contributed by atoms with E-state index in [0.29, 0.717) is 48.3 Å². The van der Waals surface area contributed by atoms with E-state index in [9.17, 15) is 9.59 Å². The second-order valence-corrected chi connectivity index (χ2v) is 18.9. The van der Waals surface area contributed by atoms with Crippen molar-refractivity contribution in [1.29, 1.82) is 0 Å². The fourth-order valence-electron chi connectivity index (χ4n) is 9.86. The molecule has 2 saturated heterocycles. The van der Waals surface area contributed by atoms with Gasteiger partial charge in [-0.1, -0.05) is 180 Å². The Morgan fingerprint density at radius 1 is 0.368 bits per heavy atom. The summed E-state index contributed by atoms with van der Waals surface area (Å²) in [5.41, 5.74) is 1.29. The van der Waals surface area contributed by atoms with Gasteiger partial charge in [-0.2, -0.15) is 0 Å². The van der Waals surface area contributed by atoms with Crippen molar-refractivity contribution < 1.29 is 47.6 Å². The first-order chi connectivity index (χ1) is 33.3. The van der Waals surface area contributed by atoms with Crippen LogP contribution in [-0.4, -0.2) is 86.6 Å². The fraction of sp³-hybridized carbons (Fsp3) is 0.714. The second-order valence-electron chi connectivity index (χ2n) is 18.9. The average molecular weight is 949 g/mol. The lowest BCUT2D eigenvalue weighted by Crippen LogP contribution is -2.47. The van der Waals surface area contributed by atoms with E-state index in [0.717, 1.165) is 128 Å². The third-order valence-corrected chi connectivity index (χ3v) is 13.7. The van der Waals surface area contributed by atoms with Crippen molar-refractivity contribution in [1.82, 2.24) is 10.0 Å². The molecule has 2 aromatic rings. The van der Waals surface area contributed by atoms with Gasteiger partial charge in [0.25, 0.3) is 0 Å². The topological polar surface area (TPSA) is 130 Å². The standard InChI is InChI=1S/C56H88N2O10/c1-7-11-15-19-23-27-39-65-53(59)47-49(43-31-35-45(63-5)36-32-43)57-52(56(62)68-42-30-26-22-18-14-10-4)48(54(60)66-40-28-24-20-16-12-8-2)50(44-33-37-46(64-6)38-34-44)58(57)51(47)55(61)67-41-29-25-21-17-13-9-3/h31-38,47-52H,7-30,39-42H2,1-6H3/t47-,48-,49-,50+,51+,52-/m0/s1. The molecule has 0 spiro atoms. The highest BCUT2D eigenvalue weighted by Crippen LogP contribution is 2.56. The molecule has 0 aliphatic carbocycles. The van der Waals surface area contributed by atoms with Gasteiger partial charge in [-0.3, -0.25) is 19.2 Å². The number of hydrogen-bond acceptors (Lipinski definition) is 12. The molecule has 0 bridgehead atoms. The number of hydrazine groups is 1. The summed E-state index contributed by atoms with van der Waals surface area (Å²) in [4.78, 5) is 60.1. The molecule has 382 valence electrons. The van der Waals surface area contributed by atoms with Crippen LogP contribution in [0.5, 0.6) is 11.5 Å². The highest BCUT2D eigenvalue weighted by atomic mass is 16.6. The summed E-state index contributed by atoms with van der Waals surface area (Å²) in [6.07, 6.45) is 24.1. The van der Waals surface area contributed by atoms with Crippen molar-refractivity contribution in [2.45, 2.75) is 206 Å². The largest absolute Gasteiger partial charge is 0.497 e. The molecule has 6 atom stereocenters. The smallest absolute Gasteiger partial charge is 0.325 e. The Balaban J connectivity index is 1.86. The molecule has 12 nitrogen and oxygen atoms in total. The quantitative estimate of drug-likeness (QED) is 0.0366. The van der Waals surface area contributed by atoms with E-state index in [2.05, 4.69) is 27.7 Å². The zero-order valence-corrected chi connectivity index (χ0v) is 42.9. The number of carbonyl (C=O) groups is 4. The van der Waals surface area contributed by atoms with E-state index in [1.807, 2.05) is 24.3 Å². The molecular formula is C56H88N2O10. The molecule has 0 aromatic heterocycles. The van der Waals surface area contributed by atoms with Crippen LogP contribution < -0.4 is 9.47 Å². The summed E-state index contributed by atoms with van der Waals surface area (Å²) in [5.74, 6) is -3.44. The lowest BCUT2D eigenvalue weighted by atomic mass is 9.82. The van der Waals surface area contributed by atoms with E-state index in [4.69, 9.17) is 28.4 Å². The van der Waals surface area contributed by atoms with Crippen LogP contribution in [0.25, 0.3) is 0 Å². The van der Waals surface area contributed by atoms with Crippen LogP contribution in [0.2, 0.25) is 0 Å². The Morgan fingerprint density at radius 2 is 0.618 bits per heavy atom. The molecule has 0 saturated carbocycles. The number of ether oxygens (including phenoxy) is 6. The molecule has 0 radical (unpaired) electrons. The molecule has 68 heavy (non-hydrogen) atoms. The normalized spacial score (nSPS) is 20.2. The van der Waals surface area contributed by atoms with Crippen molar-refractivity contribution >= 4 is 23.9 Å². The Bertz CT molecular complexity index is 1600. The van der Waals surface area contributed by atoms with Gasteiger partial charge < -0.3 is 28.4 Å². The monoisotopic (exact) mass is 949 g/mol. The summed E-state index contributed by atoms with van der Waals surface area (Å²) in [6, 6.07) is 10.2. The fourth-order valence-corrected chi connectivity index (χ4v) is 9.86. The van der Waals surface area contributed by atoms with E-state index in [-0.39, 0.29) is 26.4 Å². The summed E-state index contributed by atoms with van der Waals surface area (Å²) in [5, 5.41) is 3.56. The van der Waals surface area contributed by atoms with Gasteiger partial charge in [0.15, 0.2) is 0 Å². The Hall–Kier alpha value is -4.16. The van der Waals surface area contributed by atoms with E-state index < -0.39 is 59.9 Å². The first kappa shape index (κ1) is 56.4. The van der Waals surface area contributed by atoms with Crippen LogP contribution in [0.3, 0.4) is 0 Å². The SMILES string of the molecule is CCCCCCCCOC(=O)[C@@H]1[C@@H](C(=O)OCCCCCCCC)N2[C@@H](c3ccc(OC)cc3)[C@H](C(=O)OCCCCCCCC)[C@H](C(=O)OCCCCCCCC)N2[C@@H]1c1ccc(OC)cc1. The van der Waals surface area contributed by atoms with E-state index >= 15 is 9.59 Å². The molecule has 2 aliphatic heterocycles. The molecule has 12 heteroatoms. The van der Waals surface area contributed by atoms with Crippen molar-refractivity contribution in [3.8, 4) is 11.5 Å². The Kier molecular flexibility index (Phi) is 27.1. The number of carbonyl (C=O) groups excluding carboxylic acids is 4. The predicted octanol–water partition coefficient (Wildman–Crippen LogP) is 12.6. The molecule has 0 unspecified atom stereocenters. The van der Waals surface area contributed by atoms with Crippen molar-refractivity contribution in [2.75, 3.05) is 40.6 Å². The van der Waals surface area contributed by atoms with Crippen molar-refractivity contribution in [2.24, 2.45) is 11.8 Å². The number of fused-ring (bicyclic) bond motifs is 1.